The molecule has 8 nitrogen and oxygen atoms in total. The molecule has 1 N–H and O–H groups in total. The standard InChI is InChI=1S/C23H24N2O6/c26-20(15-17-11-7-8-14-19(17)25(29)30)31-22(21(27)16-9-3-1-4-10-16)23(28)24-18-12-5-2-6-13-18/h1,3-4,7-11,14,18,22H,2,5-6,12-13,15H2,(H,24,28). The SMILES string of the molecule is O=C(Cc1ccccc1[N+](=O)[O-])OC(C(=O)NC1CCCCC1)C(=O)c1ccccc1. The van der Waals surface area contributed by atoms with E-state index in [1.807, 2.05) is 0 Å². The first-order valence-corrected chi connectivity index (χ1v) is 10.3. The molecule has 0 saturated heterocycles. The first-order valence-electron chi connectivity index (χ1n) is 10.3. The van der Waals surface area contributed by atoms with Gasteiger partial charge in [-0.05, 0) is 12.8 Å². The third-order valence-corrected chi connectivity index (χ3v) is 5.26. The predicted octanol–water partition coefficient (Wildman–Crippen LogP) is 3.38. The molecule has 1 fully saturated rings. The molecule has 1 aliphatic rings. The van der Waals surface area contributed by atoms with E-state index in [-0.39, 0.29) is 22.9 Å². The summed E-state index contributed by atoms with van der Waals surface area (Å²) in [6.07, 6.45) is 2.61. The van der Waals surface area contributed by atoms with Crippen molar-refractivity contribution in [2.75, 3.05) is 0 Å². The van der Waals surface area contributed by atoms with Gasteiger partial charge in [0.25, 0.3) is 11.6 Å². The molecule has 0 aliphatic heterocycles. The summed E-state index contributed by atoms with van der Waals surface area (Å²) < 4.78 is 5.29. The minimum atomic E-state index is -1.65. The van der Waals surface area contributed by atoms with Crippen molar-refractivity contribution in [2.45, 2.75) is 50.7 Å². The Morgan fingerprint density at radius 2 is 1.65 bits per heavy atom. The van der Waals surface area contributed by atoms with Crippen molar-refractivity contribution in [3.63, 3.8) is 0 Å². The zero-order valence-corrected chi connectivity index (χ0v) is 17.0. The number of esters is 1. The number of benzene rings is 2. The van der Waals surface area contributed by atoms with Crippen molar-refractivity contribution in [3.8, 4) is 0 Å². The molecule has 8 heteroatoms. The topological polar surface area (TPSA) is 116 Å². The molecule has 162 valence electrons. The molecule has 31 heavy (non-hydrogen) atoms. The molecule has 1 atom stereocenters. The normalized spacial score (nSPS) is 15.0. The molecule has 0 aromatic heterocycles. The number of hydrogen-bond acceptors (Lipinski definition) is 6. The molecule has 1 amide bonds. The summed E-state index contributed by atoms with van der Waals surface area (Å²) in [4.78, 5) is 49.0. The molecule has 1 unspecified atom stereocenters. The minimum absolute atomic E-state index is 0.0683. The first-order chi connectivity index (χ1) is 15.0. The maximum absolute atomic E-state index is 12.9. The number of Topliss-reactive ketones (excluding diaryl/α,β-unsaturated/α-hetero) is 1. The smallest absolute Gasteiger partial charge is 0.311 e. The van der Waals surface area contributed by atoms with Gasteiger partial charge in [-0.3, -0.25) is 24.5 Å². The molecule has 0 radical (unpaired) electrons. The summed E-state index contributed by atoms with van der Waals surface area (Å²) in [6, 6.07) is 13.8. The van der Waals surface area contributed by atoms with E-state index in [2.05, 4.69) is 5.32 Å². The van der Waals surface area contributed by atoms with Crippen LogP contribution < -0.4 is 5.32 Å². The van der Waals surface area contributed by atoms with E-state index < -0.39 is 35.1 Å². The molecule has 2 aromatic rings. The van der Waals surface area contributed by atoms with Gasteiger partial charge in [0.05, 0.1) is 11.3 Å². The molecule has 1 saturated carbocycles. The van der Waals surface area contributed by atoms with Crippen LogP contribution in [0.3, 0.4) is 0 Å². The average molecular weight is 424 g/mol. The van der Waals surface area contributed by atoms with E-state index >= 15 is 0 Å². The molecule has 0 heterocycles. The number of ether oxygens (including phenoxy) is 1. The number of carbonyl (C=O) groups is 3. The fourth-order valence-corrected chi connectivity index (χ4v) is 3.67. The number of para-hydroxylation sites is 1. The summed E-state index contributed by atoms with van der Waals surface area (Å²) >= 11 is 0. The van der Waals surface area contributed by atoms with Gasteiger partial charge in [-0.25, -0.2) is 0 Å². The van der Waals surface area contributed by atoms with Crippen LogP contribution in [0.25, 0.3) is 0 Å². The monoisotopic (exact) mass is 424 g/mol. The van der Waals surface area contributed by atoms with Gasteiger partial charge in [0.2, 0.25) is 11.9 Å². The van der Waals surface area contributed by atoms with Crippen LogP contribution in [0.2, 0.25) is 0 Å². The van der Waals surface area contributed by atoms with Gasteiger partial charge in [-0.2, -0.15) is 0 Å². The van der Waals surface area contributed by atoms with Crippen LogP contribution in [0, 0.1) is 10.1 Å². The lowest BCUT2D eigenvalue weighted by atomic mass is 9.95. The quantitative estimate of drug-likeness (QED) is 0.228. The highest BCUT2D eigenvalue weighted by Crippen LogP contribution is 2.20. The zero-order chi connectivity index (χ0) is 22.2. The lowest BCUT2D eigenvalue weighted by Gasteiger charge is -2.25. The Balaban J connectivity index is 1.77. The Morgan fingerprint density at radius 3 is 2.32 bits per heavy atom. The molecular weight excluding hydrogens is 400 g/mol. The number of amides is 1. The van der Waals surface area contributed by atoms with Gasteiger partial charge in [-0.15, -0.1) is 0 Å². The number of nitrogens with zero attached hydrogens (tertiary/aromatic N) is 1. The van der Waals surface area contributed by atoms with Crippen LogP contribution in [0.5, 0.6) is 0 Å². The third kappa shape index (κ3) is 5.97. The first kappa shape index (κ1) is 22.1. The Kier molecular flexibility index (Phi) is 7.48. The summed E-state index contributed by atoms with van der Waals surface area (Å²) in [6.45, 7) is 0. The molecule has 3 rings (SSSR count). The fourth-order valence-electron chi connectivity index (χ4n) is 3.67. The molecule has 2 aromatic carbocycles. The molecular formula is C23H24N2O6. The maximum atomic E-state index is 12.9. The second-order valence-corrected chi connectivity index (χ2v) is 7.51. The number of carbonyl (C=O) groups excluding carboxylic acids is 3. The van der Waals surface area contributed by atoms with Crippen LogP contribution in [-0.2, 0) is 20.7 Å². The van der Waals surface area contributed by atoms with Crippen molar-refractivity contribution < 1.29 is 24.0 Å². The van der Waals surface area contributed by atoms with Crippen molar-refractivity contribution in [3.05, 3.63) is 75.8 Å². The lowest BCUT2D eigenvalue weighted by Crippen LogP contribution is -2.47. The Hall–Kier alpha value is -3.55. The summed E-state index contributed by atoms with van der Waals surface area (Å²) in [5.41, 5.74) is 0.165. The van der Waals surface area contributed by atoms with E-state index in [9.17, 15) is 24.5 Å². The van der Waals surface area contributed by atoms with Gasteiger partial charge in [0.1, 0.15) is 0 Å². The largest absolute Gasteiger partial charge is 0.443 e. The summed E-state index contributed by atoms with van der Waals surface area (Å²) in [5.74, 6) is -2.19. The fraction of sp³-hybridized carbons (Fsp3) is 0.348. The highest BCUT2D eigenvalue weighted by molar-refractivity contribution is 6.13. The van der Waals surface area contributed by atoms with Crippen LogP contribution in [-0.4, -0.2) is 34.7 Å². The second-order valence-electron chi connectivity index (χ2n) is 7.51. The number of ketones is 1. The van der Waals surface area contributed by atoms with Crippen molar-refractivity contribution in [1.29, 1.82) is 0 Å². The number of hydrogen-bond donors (Lipinski definition) is 1. The van der Waals surface area contributed by atoms with Gasteiger partial charge in [-0.1, -0.05) is 67.8 Å². The van der Waals surface area contributed by atoms with Crippen LogP contribution in [0.4, 0.5) is 5.69 Å². The van der Waals surface area contributed by atoms with Crippen molar-refractivity contribution in [1.82, 2.24) is 5.32 Å². The summed E-state index contributed by atoms with van der Waals surface area (Å²) in [5, 5.41) is 14.0. The number of nitro groups is 1. The average Bonchev–Trinajstić information content (AvgIpc) is 2.78. The third-order valence-electron chi connectivity index (χ3n) is 5.26. The molecule has 0 bridgehead atoms. The molecule has 0 spiro atoms. The van der Waals surface area contributed by atoms with Crippen LogP contribution in [0.15, 0.2) is 54.6 Å². The van der Waals surface area contributed by atoms with E-state index in [1.165, 1.54) is 18.2 Å². The van der Waals surface area contributed by atoms with Crippen molar-refractivity contribution >= 4 is 23.3 Å². The predicted molar refractivity (Wildman–Crippen MR) is 112 cm³/mol. The van der Waals surface area contributed by atoms with Crippen LogP contribution in [0.1, 0.15) is 48.0 Å². The van der Waals surface area contributed by atoms with Gasteiger partial charge in [0.15, 0.2) is 0 Å². The van der Waals surface area contributed by atoms with E-state index in [0.717, 1.165) is 32.1 Å². The Bertz CT molecular complexity index is 954. The number of rotatable bonds is 8. The highest BCUT2D eigenvalue weighted by Gasteiger charge is 2.33. The summed E-state index contributed by atoms with van der Waals surface area (Å²) in [7, 11) is 0. The van der Waals surface area contributed by atoms with E-state index in [1.54, 1.807) is 36.4 Å². The Morgan fingerprint density at radius 1 is 1.00 bits per heavy atom. The van der Waals surface area contributed by atoms with E-state index in [0.29, 0.717) is 0 Å². The van der Waals surface area contributed by atoms with Gasteiger partial charge < -0.3 is 10.1 Å². The van der Waals surface area contributed by atoms with Crippen molar-refractivity contribution in [2.24, 2.45) is 0 Å². The number of nitrogens with one attached hydrogen (secondary N) is 1. The number of nitro benzene ring substituents is 1. The molecule has 1 aliphatic carbocycles. The van der Waals surface area contributed by atoms with Gasteiger partial charge in [0, 0.05) is 23.2 Å². The lowest BCUT2D eigenvalue weighted by molar-refractivity contribution is -0.385. The van der Waals surface area contributed by atoms with Crippen LogP contribution >= 0.6 is 0 Å². The van der Waals surface area contributed by atoms with Gasteiger partial charge >= 0.3 is 5.97 Å². The highest BCUT2D eigenvalue weighted by atomic mass is 16.6. The van der Waals surface area contributed by atoms with E-state index in [4.69, 9.17) is 4.74 Å². The zero-order valence-electron chi connectivity index (χ0n) is 17.0. The minimum Gasteiger partial charge on any atom is -0.443 e. The second kappa shape index (κ2) is 10.5. The maximum Gasteiger partial charge on any atom is 0.311 e. The Labute approximate surface area is 179 Å².